The standard InChI is InChI=1S/C13H17ClN2O2/c14-10-3-1-2-9(8-10)13(17)16-11-4-6-12(18-15)7-5-11/h1-3,8,11-12H,4-7,15H2,(H,16,17). The molecule has 1 aliphatic rings. The molecule has 0 bridgehead atoms. The van der Waals surface area contributed by atoms with E-state index in [0.29, 0.717) is 10.6 Å². The Labute approximate surface area is 111 Å². The van der Waals surface area contributed by atoms with E-state index in [1.807, 2.05) is 0 Å². The van der Waals surface area contributed by atoms with Gasteiger partial charge in [-0.3, -0.25) is 4.79 Å². The summed E-state index contributed by atoms with van der Waals surface area (Å²) in [6.45, 7) is 0. The number of nitrogens with one attached hydrogen (secondary N) is 1. The van der Waals surface area contributed by atoms with Gasteiger partial charge in [-0.05, 0) is 43.9 Å². The number of carbonyl (C=O) groups excluding carboxylic acids is 1. The van der Waals surface area contributed by atoms with E-state index >= 15 is 0 Å². The Bertz CT molecular complexity index is 417. The van der Waals surface area contributed by atoms with E-state index in [0.717, 1.165) is 25.7 Å². The molecular weight excluding hydrogens is 252 g/mol. The molecular formula is C13H17ClN2O2. The molecule has 0 heterocycles. The van der Waals surface area contributed by atoms with Crippen LogP contribution in [0.5, 0.6) is 0 Å². The van der Waals surface area contributed by atoms with Crippen LogP contribution in [0.2, 0.25) is 5.02 Å². The van der Waals surface area contributed by atoms with Crippen molar-refractivity contribution in [1.29, 1.82) is 0 Å². The first-order chi connectivity index (χ1) is 8.69. The first-order valence-corrected chi connectivity index (χ1v) is 6.49. The summed E-state index contributed by atoms with van der Waals surface area (Å²) in [5.74, 6) is 5.08. The van der Waals surface area contributed by atoms with E-state index in [1.165, 1.54) is 0 Å². The van der Waals surface area contributed by atoms with Crippen molar-refractivity contribution in [2.24, 2.45) is 5.90 Å². The summed E-state index contributed by atoms with van der Waals surface area (Å²) in [5.41, 5.74) is 0.597. The molecule has 4 nitrogen and oxygen atoms in total. The molecule has 1 aromatic rings. The van der Waals surface area contributed by atoms with Crippen LogP contribution in [0.3, 0.4) is 0 Å². The van der Waals surface area contributed by atoms with Gasteiger partial charge in [0.25, 0.3) is 5.91 Å². The number of hydrogen-bond donors (Lipinski definition) is 2. The molecule has 1 aliphatic carbocycles. The monoisotopic (exact) mass is 268 g/mol. The fourth-order valence-corrected chi connectivity index (χ4v) is 2.43. The van der Waals surface area contributed by atoms with Crippen LogP contribution in [-0.4, -0.2) is 18.1 Å². The van der Waals surface area contributed by atoms with E-state index < -0.39 is 0 Å². The summed E-state index contributed by atoms with van der Waals surface area (Å²) in [7, 11) is 0. The number of carbonyl (C=O) groups is 1. The van der Waals surface area contributed by atoms with Crippen molar-refractivity contribution in [3.8, 4) is 0 Å². The van der Waals surface area contributed by atoms with Crippen molar-refractivity contribution in [1.82, 2.24) is 5.32 Å². The van der Waals surface area contributed by atoms with Gasteiger partial charge in [0.15, 0.2) is 0 Å². The van der Waals surface area contributed by atoms with Crippen molar-refractivity contribution in [2.75, 3.05) is 0 Å². The minimum Gasteiger partial charge on any atom is -0.349 e. The van der Waals surface area contributed by atoms with E-state index in [4.69, 9.17) is 22.3 Å². The van der Waals surface area contributed by atoms with E-state index in [-0.39, 0.29) is 18.1 Å². The molecule has 2 rings (SSSR count). The number of amides is 1. The Morgan fingerprint density at radius 2 is 2.06 bits per heavy atom. The fraction of sp³-hybridized carbons (Fsp3) is 0.462. The summed E-state index contributed by atoms with van der Waals surface area (Å²) < 4.78 is 0. The van der Waals surface area contributed by atoms with Crippen LogP contribution >= 0.6 is 11.6 Å². The third-order valence-corrected chi connectivity index (χ3v) is 3.52. The second kappa shape index (κ2) is 6.18. The zero-order valence-electron chi connectivity index (χ0n) is 10.1. The molecule has 0 spiro atoms. The second-order valence-electron chi connectivity index (χ2n) is 4.59. The van der Waals surface area contributed by atoms with Gasteiger partial charge < -0.3 is 10.2 Å². The minimum absolute atomic E-state index is 0.0744. The normalized spacial score (nSPS) is 23.7. The highest BCUT2D eigenvalue weighted by Gasteiger charge is 2.22. The number of hydrogen-bond acceptors (Lipinski definition) is 3. The number of nitrogens with two attached hydrogens (primary N) is 1. The highest BCUT2D eigenvalue weighted by atomic mass is 35.5. The number of benzene rings is 1. The van der Waals surface area contributed by atoms with Crippen molar-refractivity contribution < 1.29 is 9.63 Å². The summed E-state index contributed by atoms with van der Waals surface area (Å²) in [6, 6.07) is 7.16. The van der Waals surface area contributed by atoms with Crippen LogP contribution in [0.15, 0.2) is 24.3 Å². The van der Waals surface area contributed by atoms with Gasteiger partial charge in [0, 0.05) is 16.6 Å². The molecule has 1 aromatic carbocycles. The molecule has 98 valence electrons. The Morgan fingerprint density at radius 3 is 2.67 bits per heavy atom. The van der Waals surface area contributed by atoms with Gasteiger partial charge in [0.2, 0.25) is 0 Å². The maximum Gasteiger partial charge on any atom is 0.251 e. The van der Waals surface area contributed by atoms with Crippen molar-refractivity contribution in [3.05, 3.63) is 34.9 Å². The zero-order chi connectivity index (χ0) is 13.0. The molecule has 0 radical (unpaired) electrons. The lowest BCUT2D eigenvalue weighted by atomic mass is 9.93. The number of rotatable bonds is 3. The molecule has 5 heteroatoms. The Morgan fingerprint density at radius 1 is 1.33 bits per heavy atom. The topological polar surface area (TPSA) is 64.3 Å². The van der Waals surface area contributed by atoms with Crippen LogP contribution in [-0.2, 0) is 4.84 Å². The highest BCUT2D eigenvalue weighted by molar-refractivity contribution is 6.30. The Kier molecular flexibility index (Phi) is 4.58. The van der Waals surface area contributed by atoms with Crippen molar-refractivity contribution in [3.63, 3.8) is 0 Å². The molecule has 0 unspecified atom stereocenters. The first-order valence-electron chi connectivity index (χ1n) is 6.11. The lowest BCUT2D eigenvalue weighted by Gasteiger charge is -2.27. The molecule has 1 amide bonds. The van der Waals surface area contributed by atoms with Crippen LogP contribution in [0.1, 0.15) is 36.0 Å². The second-order valence-corrected chi connectivity index (χ2v) is 5.03. The summed E-state index contributed by atoms with van der Waals surface area (Å²) in [5, 5.41) is 3.59. The van der Waals surface area contributed by atoms with Crippen LogP contribution in [0, 0.1) is 0 Å². The third-order valence-electron chi connectivity index (χ3n) is 3.29. The molecule has 1 fully saturated rings. The van der Waals surface area contributed by atoms with Crippen LogP contribution < -0.4 is 11.2 Å². The Hall–Kier alpha value is -1.10. The van der Waals surface area contributed by atoms with E-state index in [9.17, 15) is 4.79 Å². The van der Waals surface area contributed by atoms with Gasteiger partial charge in [-0.25, -0.2) is 5.90 Å². The zero-order valence-corrected chi connectivity index (χ0v) is 10.8. The lowest BCUT2D eigenvalue weighted by molar-refractivity contribution is 0.0217. The fourth-order valence-electron chi connectivity index (χ4n) is 2.24. The largest absolute Gasteiger partial charge is 0.349 e. The van der Waals surface area contributed by atoms with E-state index in [2.05, 4.69) is 5.32 Å². The molecule has 1 saturated carbocycles. The summed E-state index contributed by atoms with van der Waals surface area (Å²) in [4.78, 5) is 16.8. The van der Waals surface area contributed by atoms with Gasteiger partial charge in [-0.15, -0.1) is 0 Å². The predicted molar refractivity (Wildman–Crippen MR) is 70.2 cm³/mol. The van der Waals surface area contributed by atoms with Crippen LogP contribution in [0.4, 0.5) is 0 Å². The molecule has 18 heavy (non-hydrogen) atoms. The minimum atomic E-state index is -0.0744. The highest BCUT2D eigenvalue weighted by Crippen LogP contribution is 2.20. The molecule has 3 N–H and O–H groups in total. The predicted octanol–water partition coefficient (Wildman–Crippen LogP) is 2.27. The van der Waals surface area contributed by atoms with Crippen molar-refractivity contribution >= 4 is 17.5 Å². The SMILES string of the molecule is NOC1CCC(NC(=O)c2cccc(Cl)c2)CC1. The van der Waals surface area contributed by atoms with Gasteiger partial charge in [-0.2, -0.15) is 0 Å². The van der Waals surface area contributed by atoms with Gasteiger partial charge >= 0.3 is 0 Å². The van der Waals surface area contributed by atoms with Gasteiger partial charge in [0.05, 0.1) is 6.10 Å². The molecule has 0 saturated heterocycles. The third kappa shape index (κ3) is 3.45. The van der Waals surface area contributed by atoms with Crippen LogP contribution in [0.25, 0.3) is 0 Å². The maximum absolute atomic E-state index is 12.0. The average Bonchev–Trinajstić information content (AvgIpc) is 2.39. The molecule has 0 aliphatic heterocycles. The van der Waals surface area contributed by atoms with Crippen molar-refractivity contribution in [2.45, 2.75) is 37.8 Å². The van der Waals surface area contributed by atoms with Gasteiger partial charge in [0.1, 0.15) is 0 Å². The smallest absolute Gasteiger partial charge is 0.251 e. The summed E-state index contributed by atoms with van der Waals surface area (Å²) in [6.07, 6.45) is 3.69. The maximum atomic E-state index is 12.0. The first kappa shape index (κ1) is 13.3. The average molecular weight is 269 g/mol. The molecule has 0 aromatic heterocycles. The summed E-state index contributed by atoms with van der Waals surface area (Å²) >= 11 is 5.86. The lowest BCUT2D eigenvalue weighted by Crippen LogP contribution is -2.39. The molecule has 0 atom stereocenters. The Balaban J connectivity index is 1.89. The quantitative estimate of drug-likeness (QED) is 0.827. The number of halogens is 1. The van der Waals surface area contributed by atoms with E-state index in [1.54, 1.807) is 24.3 Å². The van der Waals surface area contributed by atoms with Gasteiger partial charge in [-0.1, -0.05) is 17.7 Å².